The summed E-state index contributed by atoms with van der Waals surface area (Å²) in [6, 6.07) is 8.25. The Balaban J connectivity index is 2.03. The van der Waals surface area contributed by atoms with Gasteiger partial charge >= 0.3 is 0 Å². The topological polar surface area (TPSA) is 12.0 Å². The second-order valence-electron chi connectivity index (χ2n) is 3.69. The molecule has 88 valence electrons. The fourth-order valence-corrected chi connectivity index (χ4v) is 3.13. The molecule has 0 fully saturated rings. The lowest BCUT2D eigenvalue weighted by Crippen LogP contribution is -2.13. The van der Waals surface area contributed by atoms with Gasteiger partial charge in [-0.25, -0.2) is 0 Å². The van der Waals surface area contributed by atoms with Crippen LogP contribution in [-0.2, 0) is 6.54 Å². The molecule has 3 heteroatoms. The molecular weight excluding hydrogens is 250 g/mol. The molecule has 1 N–H and O–H groups in total. The van der Waals surface area contributed by atoms with Crippen LogP contribution in [0.15, 0.2) is 24.3 Å². The third-order valence-corrected chi connectivity index (χ3v) is 4.21. The summed E-state index contributed by atoms with van der Waals surface area (Å²) in [5, 5.41) is 5.41. The van der Waals surface area contributed by atoms with Crippen molar-refractivity contribution in [1.82, 2.24) is 5.32 Å². The number of halogens is 1. The number of benzene rings is 1. The van der Waals surface area contributed by atoms with Gasteiger partial charge in [0.05, 0.1) is 5.02 Å². The predicted octanol–water partition coefficient (Wildman–Crippen LogP) is 4.06. The van der Waals surface area contributed by atoms with E-state index in [2.05, 4.69) is 29.3 Å². The summed E-state index contributed by atoms with van der Waals surface area (Å²) < 4.78 is 1.25. The average Bonchev–Trinajstić information content (AvgIpc) is 2.67. The molecule has 0 amide bonds. The number of hydrogen-bond acceptors (Lipinski definition) is 2. The predicted molar refractivity (Wildman–Crippen MR) is 76.6 cm³/mol. The highest BCUT2D eigenvalue weighted by molar-refractivity contribution is 7.19. The van der Waals surface area contributed by atoms with Crippen LogP contribution in [0.5, 0.6) is 0 Å². The number of nitrogens with one attached hydrogen (secondary N) is 1. The van der Waals surface area contributed by atoms with Gasteiger partial charge in [0.2, 0.25) is 0 Å². The van der Waals surface area contributed by atoms with Crippen LogP contribution >= 0.6 is 22.9 Å². The molecule has 2 rings (SSSR count). The minimum absolute atomic E-state index is 0.823. The third-order valence-electron chi connectivity index (χ3n) is 2.49. The van der Waals surface area contributed by atoms with Crippen LogP contribution in [0.3, 0.4) is 0 Å². The van der Waals surface area contributed by atoms with Crippen LogP contribution in [-0.4, -0.2) is 6.54 Å². The summed E-state index contributed by atoms with van der Waals surface area (Å²) >= 11 is 8.10. The molecule has 0 aliphatic heterocycles. The Labute approximate surface area is 111 Å². The molecule has 2 aromatic rings. The zero-order valence-corrected chi connectivity index (χ0v) is 11.3. The van der Waals surface area contributed by atoms with E-state index in [1.54, 1.807) is 11.3 Å². The number of thiophene rings is 1. The zero-order chi connectivity index (χ0) is 12.1. The Morgan fingerprint density at radius 2 is 2.18 bits per heavy atom. The van der Waals surface area contributed by atoms with E-state index in [9.17, 15) is 0 Å². The standard InChI is InChI=1S/C14H14ClNS/c1-2-3-6-9-16-10-13-14(15)11-7-4-5-8-12(11)17-13/h4-5,7-8,16H,6,9-10H2,1H3. The molecular formula is C14H14ClNS. The van der Waals surface area contributed by atoms with Crippen LogP contribution < -0.4 is 5.32 Å². The van der Waals surface area contributed by atoms with E-state index in [1.807, 2.05) is 19.1 Å². The minimum atomic E-state index is 0.823. The fraction of sp³-hybridized carbons (Fsp3) is 0.286. The van der Waals surface area contributed by atoms with Gasteiger partial charge in [0.15, 0.2) is 0 Å². The van der Waals surface area contributed by atoms with Crippen LogP contribution in [0.25, 0.3) is 10.1 Å². The van der Waals surface area contributed by atoms with E-state index in [-0.39, 0.29) is 0 Å². The van der Waals surface area contributed by atoms with Crippen molar-refractivity contribution in [3.63, 3.8) is 0 Å². The van der Waals surface area contributed by atoms with Crippen molar-refractivity contribution in [2.75, 3.05) is 6.54 Å². The average molecular weight is 264 g/mol. The van der Waals surface area contributed by atoms with Crippen LogP contribution in [0.1, 0.15) is 18.2 Å². The normalized spacial score (nSPS) is 10.2. The van der Waals surface area contributed by atoms with Crippen LogP contribution in [0, 0.1) is 11.8 Å². The molecule has 0 spiro atoms. The Hall–Kier alpha value is -1.01. The van der Waals surface area contributed by atoms with E-state index in [0.29, 0.717) is 0 Å². The monoisotopic (exact) mass is 263 g/mol. The number of hydrogen-bond donors (Lipinski definition) is 1. The Morgan fingerprint density at radius 1 is 1.35 bits per heavy atom. The lowest BCUT2D eigenvalue weighted by Gasteiger charge is -1.99. The van der Waals surface area contributed by atoms with Crippen LogP contribution in [0.4, 0.5) is 0 Å². The van der Waals surface area contributed by atoms with Gasteiger partial charge in [-0.05, 0) is 13.0 Å². The fourth-order valence-electron chi connectivity index (χ4n) is 1.66. The number of fused-ring (bicyclic) bond motifs is 1. The molecule has 1 nitrogen and oxygen atoms in total. The summed E-state index contributed by atoms with van der Waals surface area (Å²) in [6.07, 6.45) is 0.888. The van der Waals surface area contributed by atoms with E-state index < -0.39 is 0 Å². The summed E-state index contributed by atoms with van der Waals surface area (Å²) in [5.74, 6) is 5.92. The quantitative estimate of drug-likeness (QED) is 0.648. The maximum absolute atomic E-state index is 6.34. The lowest BCUT2D eigenvalue weighted by molar-refractivity contribution is 0.709. The van der Waals surface area contributed by atoms with Crippen molar-refractivity contribution in [3.05, 3.63) is 34.2 Å². The highest BCUT2D eigenvalue weighted by atomic mass is 35.5. The van der Waals surface area contributed by atoms with Crippen molar-refractivity contribution in [2.24, 2.45) is 0 Å². The van der Waals surface area contributed by atoms with Crippen molar-refractivity contribution in [2.45, 2.75) is 19.9 Å². The molecule has 0 unspecified atom stereocenters. The highest BCUT2D eigenvalue weighted by Crippen LogP contribution is 2.34. The van der Waals surface area contributed by atoms with E-state index in [0.717, 1.165) is 29.9 Å². The number of rotatable bonds is 4. The summed E-state index contributed by atoms with van der Waals surface area (Å²) in [6.45, 7) is 3.60. The molecule has 1 aromatic carbocycles. The minimum Gasteiger partial charge on any atom is -0.311 e. The molecule has 0 atom stereocenters. The van der Waals surface area contributed by atoms with Gasteiger partial charge < -0.3 is 5.32 Å². The van der Waals surface area contributed by atoms with Crippen molar-refractivity contribution < 1.29 is 0 Å². The SMILES string of the molecule is CC#CCCNCc1sc2ccccc2c1Cl. The summed E-state index contributed by atoms with van der Waals surface area (Å²) in [4.78, 5) is 1.21. The molecule has 0 aliphatic carbocycles. The zero-order valence-electron chi connectivity index (χ0n) is 9.72. The molecule has 0 saturated carbocycles. The molecule has 17 heavy (non-hydrogen) atoms. The van der Waals surface area contributed by atoms with Crippen LogP contribution in [0.2, 0.25) is 5.02 Å². The summed E-state index contributed by atoms with van der Waals surface area (Å²) in [5.41, 5.74) is 0. The van der Waals surface area contributed by atoms with Gasteiger partial charge in [-0.1, -0.05) is 29.8 Å². The molecule has 0 saturated heterocycles. The van der Waals surface area contributed by atoms with Gasteiger partial charge in [-0.15, -0.1) is 23.2 Å². The van der Waals surface area contributed by atoms with Gasteiger partial charge in [-0.3, -0.25) is 0 Å². The summed E-state index contributed by atoms with van der Waals surface area (Å²) in [7, 11) is 0. The second kappa shape index (κ2) is 6.07. The van der Waals surface area contributed by atoms with E-state index in [1.165, 1.54) is 9.58 Å². The van der Waals surface area contributed by atoms with Gasteiger partial charge in [-0.2, -0.15) is 0 Å². The first-order valence-corrected chi connectivity index (χ1v) is 6.78. The smallest absolute Gasteiger partial charge is 0.0636 e. The molecule has 0 bridgehead atoms. The third kappa shape index (κ3) is 3.01. The lowest BCUT2D eigenvalue weighted by atomic mass is 10.2. The molecule has 0 radical (unpaired) electrons. The van der Waals surface area contributed by atoms with E-state index in [4.69, 9.17) is 11.6 Å². The van der Waals surface area contributed by atoms with Crippen molar-refractivity contribution >= 4 is 33.0 Å². The van der Waals surface area contributed by atoms with Crippen molar-refractivity contribution in [3.8, 4) is 11.8 Å². The first kappa shape index (κ1) is 12.4. The maximum atomic E-state index is 6.34. The Kier molecular flexibility index (Phi) is 4.44. The van der Waals surface area contributed by atoms with Gasteiger partial charge in [0.25, 0.3) is 0 Å². The first-order valence-electron chi connectivity index (χ1n) is 5.59. The van der Waals surface area contributed by atoms with Gasteiger partial charge in [0, 0.05) is 34.5 Å². The highest BCUT2D eigenvalue weighted by Gasteiger charge is 2.08. The Bertz CT molecular complexity index is 562. The largest absolute Gasteiger partial charge is 0.311 e. The van der Waals surface area contributed by atoms with E-state index >= 15 is 0 Å². The van der Waals surface area contributed by atoms with Gasteiger partial charge in [0.1, 0.15) is 0 Å². The molecule has 1 aromatic heterocycles. The maximum Gasteiger partial charge on any atom is 0.0636 e. The molecule has 0 aliphatic rings. The molecule has 1 heterocycles. The Morgan fingerprint density at radius 3 is 2.94 bits per heavy atom. The second-order valence-corrected chi connectivity index (χ2v) is 5.20. The first-order chi connectivity index (χ1) is 8.33. The van der Waals surface area contributed by atoms with Crippen molar-refractivity contribution in [1.29, 1.82) is 0 Å².